The first-order chi connectivity index (χ1) is 15.2. The molecule has 6 heteroatoms. The molecule has 0 unspecified atom stereocenters. The number of benzene rings is 3. The van der Waals surface area contributed by atoms with Crippen LogP contribution < -0.4 is 15.1 Å². The van der Waals surface area contributed by atoms with Gasteiger partial charge in [0.1, 0.15) is 11.6 Å². The molecule has 0 amide bonds. The maximum Gasteiger partial charge on any atom is 0.228 e. The van der Waals surface area contributed by atoms with Crippen LogP contribution in [0.1, 0.15) is 5.56 Å². The zero-order valence-electron chi connectivity index (χ0n) is 17.4. The van der Waals surface area contributed by atoms with Crippen LogP contribution in [0.2, 0.25) is 0 Å². The van der Waals surface area contributed by atoms with E-state index in [9.17, 15) is 4.39 Å². The van der Waals surface area contributed by atoms with Crippen LogP contribution in [-0.4, -0.2) is 36.1 Å². The molecular weight excluding hydrogens is 389 g/mol. The van der Waals surface area contributed by atoms with Gasteiger partial charge in [0.05, 0.1) is 11.2 Å². The Morgan fingerprint density at radius 1 is 0.774 bits per heavy atom. The van der Waals surface area contributed by atoms with Crippen molar-refractivity contribution < 1.29 is 4.39 Å². The van der Waals surface area contributed by atoms with Crippen molar-refractivity contribution in [2.45, 2.75) is 6.92 Å². The Balaban J connectivity index is 1.41. The normalized spacial score (nSPS) is 14.1. The van der Waals surface area contributed by atoms with Crippen molar-refractivity contribution in [1.29, 1.82) is 0 Å². The molecule has 1 aliphatic heterocycles. The molecule has 31 heavy (non-hydrogen) atoms. The molecule has 5 nitrogen and oxygen atoms in total. The van der Waals surface area contributed by atoms with Gasteiger partial charge in [-0.3, -0.25) is 0 Å². The van der Waals surface area contributed by atoms with E-state index in [-0.39, 0.29) is 5.82 Å². The summed E-state index contributed by atoms with van der Waals surface area (Å²) in [6, 6.07) is 23.2. The number of hydrogen-bond donors (Lipinski definition) is 1. The molecule has 5 rings (SSSR count). The molecule has 0 aliphatic carbocycles. The summed E-state index contributed by atoms with van der Waals surface area (Å²) in [6.07, 6.45) is 0. The Hall–Kier alpha value is -3.67. The van der Waals surface area contributed by atoms with Crippen LogP contribution >= 0.6 is 0 Å². The van der Waals surface area contributed by atoms with Gasteiger partial charge in [-0.15, -0.1) is 0 Å². The summed E-state index contributed by atoms with van der Waals surface area (Å²) in [5, 5.41) is 4.44. The average molecular weight is 414 g/mol. The molecule has 4 aromatic rings. The predicted octanol–water partition coefficient (Wildman–Crippen LogP) is 5.15. The van der Waals surface area contributed by atoms with E-state index in [2.05, 4.69) is 46.3 Å². The van der Waals surface area contributed by atoms with E-state index in [1.807, 2.05) is 36.4 Å². The Bertz CT molecular complexity index is 1200. The second kappa shape index (κ2) is 8.22. The Labute approximate surface area is 181 Å². The molecule has 0 radical (unpaired) electrons. The minimum Gasteiger partial charge on any atom is -0.366 e. The number of para-hydroxylation sites is 2. The van der Waals surface area contributed by atoms with Crippen LogP contribution in [0.3, 0.4) is 0 Å². The Morgan fingerprint density at radius 3 is 2.23 bits per heavy atom. The summed E-state index contributed by atoms with van der Waals surface area (Å²) < 4.78 is 14.2. The number of anilines is 4. The van der Waals surface area contributed by atoms with E-state index in [4.69, 9.17) is 9.97 Å². The smallest absolute Gasteiger partial charge is 0.228 e. The number of aromatic nitrogens is 2. The molecule has 1 fully saturated rings. The number of aryl methyl sites for hydroxylation is 1. The van der Waals surface area contributed by atoms with E-state index in [1.165, 1.54) is 11.6 Å². The highest BCUT2D eigenvalue weighted by molar-refractivity contribution is 5.91. The number of nitrogens with zero attached hydrogens (tertiary/aromatic N) is 4. The standard InChI is InChI=1S/C25H24FN5/c1-18-10-12-19(13-11-18)27-24-20-6-2-4-8-22(20)28-25(29-24)31-16-14-30(15-17-31)23-9-5-3-7-21(23)26/h2-13H,14-17H2,1H3,(H,27,28,29). The van der Waals surface area contributed by atoms with Crippen LogP contribution in [0.15, 0.2) is 72.8 Å². The lowest BCUT2D eigenvalue weighted by Crippen LogP contribution is -2.47. The molecule has 3 aromatic carbocycles. The Kier molecular flexibility index (Phi) is 5.12. The first-order valence-electron chi connectivity index (χ1n) is 10.5. The SMILES string of the molecule is Cc1ccc(Nc2nc(N3CCN(c4ccccc4F)CC3)nc3ccccc23)cc1. The topological polar surface area (TPSA) is 44.3 Å². The van der Waals surface area contributed by atoms with Gasteiger partial charge in [-0.05, 0) is 43.3 Å². The fourth-order valence-corrected chi connectivity index (χ4v) is 3.93. The second-order valence-electron chi connectivity index (χ2n) is 7.81. The predicted molar refractivity (Wildman–Crippen MR) is 125 cm³/mol. The zero-order chi connectivity index (χ0) is 21.2. The largest absolute Gasteiger partial charge is 0.366 e. The molecule has 2 heterocycles. The zero-order valence-corrected chi connectivity index (χ0v) is 17.4. The molecule has 0 spiro atoms. The van der Waals surface area contributed by atoms with Gasteiger partial charge >= 0.3 is 0 Å². The number of nitrogens with one attached hydrogen (secondary N) is 1. The van der Waals surface area contributed by atoms with Crippen LogP contribution in [0.4, 0.5) is 27.5 Å². The van der Waals surface area contributed by atoms with Crippen molar-refractivity contribution in [3.63, 3.8) is 0 Å². The third-order valence-corrected chi connectivity index (χ3v) is 5.66. The van der Waals surface area contributed by atoms with Gasteiger partial charge < -0.3 is 15.1 Å². The lowest BCUT2D eigenvalue weighted by atomic mass is 10.2. The Morgan fingerprint density at radius 2 is 1.45 bits per heavy atom. The number of fused-ring (bicyclic) bond motifs is 1. The summed E-state index contributed by atoms with van der Waals surface area (Å²) in [5.41, 5.74) is 3.76. The highest BCUT2D eigenvalue weighted by atomic mass is 19.1. The number of piperazine rings is 1. The fraction of sp³-hybridized carbons (Fsp3) is 0.200. The fourth-order valence-electron chi connectivity index (χ4n) is 3.93. The van der Waals surface area contributed by atoms with Crippen molar-refractivity contribution in [2.24, 2.45) is 0 Å². The third kappa shape index (κ3) is 4.01. The van der Waals surface area contributed by atoms with Gasteiger partial charge in [-0.2, -0.15) is 4.98 Å². The van der Waals surface area contributed by atoms with E-state index in [0.717, 1.165) is 48.6 Å². The lowest BCUT2D eigenvalue weighted by Gasteiger charge is -2.36. The van der Waals surface area contributed by atoms with Gasteiger partial charge in [0.2, 0.25) is 5.95 Å². The van der Waals surface area contributed by atoms with Gasteiger partial charge in [0.25, 0.3) is 0 Å². The molecule has 0 saturated carbocycles. The number of hydrogen-bond acceptors (Lipinski definition) is 5. The molecule has 1 saturated heterocycles. The first kappa shape index (κ1) is 19.3. The maximum atomic E-state index is 14.2. The van der Waals surface area contributed by atoms with Crippen molar-refractivity contribution in [1.82, 2.24) is 9.97 Å². The van der Waals surface area contributed by atoms with Gasteiger partial charge in [0.15, 0.2) is 0 Å². The highest BCUT2D eigenvalue weighted by Crippen LogP contribution is 2.28. The minimum absolute atomic E-state index is 0.178. The van der Waals surface area contributed by atoms with Crippen molar-refractivity contribution in [3.8, 4) is 0 Å². The molecule has 0 atom stereocenters. The molecule has 156 valence electrons. The summed E-state index contributed by atoms with van der Waals surface area (Å²) in [5.74, 6) is 1.31. The summed E-state index contributed by atoms with van der Waals surface area (Å²) >= 11 is 0. The van der Waals surface area contributed by atoms with E-state index in [1.54, 1.807) is 6.07 Å². The highest BCUT2D eigenvalue weighted by Gasteiger charge is 2.22. The van der Waals surface area contributed by atoms with Crippen LogP contribution in [0.5, 0.6) is 0 Å². The number of rotatable bonds is 4. The van der Waals surface area contributed by atoms with E-state index in [0.29, 0.717) is 11.6 Å². The van der Waals surface area contributed by atoms with Gasteiger partial charge in [0, 0.05) is 37.3 Å². The quantitative estimate of drug-likeness (QED) is 0.501. The molecule has 1 aromatic heterocycles. The molecule has 0 bridgehead atoms. The summed E-state index contributed by atoms with van der Waals surface area (Å²) in [7, 11) is 0. The van der Waals surface area contributed by atoms with Crippen molar-refractivity contribution in [3.05, 3.63) is 84.2 Å². The monoisotopic (exact) mass is 413 g/mol. The molecule has 1 N–H and O–H groups in total. The van der Waals surface area contributed by atoms with Crippen LogP contribution in [-0.2, 0) is 0 Å². The summed E-state index contributed by atoms with van der Waals surface area (Å²) in [6.45, 7) is 4.98. The molecule has 1 aliphatic rings. The minimum atomic E-state index is -0.178. The van der Waals surface area contributed by atoms with Crippen molar-refractivity contribution in [2.75, 3.05) is 41.3 Å². The maximum absolute atomic E-state index is 14.2. The molecular formula is C25H24FN5. The first-order valence-corrected chi connectivity index (χ1v) is 10.5. The third-order valence-electron chi connectivity index (χ3n) is 5.66. The average Bonchev–Trinajstić information content (AvgIpc) is 2.81. The second-order valence-corrected chi connectivity index (χ2v) is 7.81. The van der Waals surface area contributed by atoms with Crippen molar-refractivity contribution >= 4 is 34.0 Å². The van der Waals surface area contributed by atoms with Crippen LogP contribution in [0, 0.1) is 12.7 Å². The van der Waals surface area contributed by atoms with E-state index < -0.39 is 0 Å². The van der Waals surface area contributed by atoms with Crippen LogP contribution in [0.25, 0.3) is 10.9 Å². The lowest BCUT2D eigenvalue weighted by molar-refractivity contribution is 0.594. The van der Waals surface area contributed by atoms with E-state index >= 15 is 0 Å². The number of halogens is 1. The van der Waals surface area contributed by atoms with Gasteiger partial charge in [-0.25, -0.2) is 9.37 Å². The van der Waals surface area contributed by atoms with Gasteiger partial charge in [-0.1, -0.05) is 42.0 Å². The summed E-state index contributed by atoms with van der Waals surface area (Å²) in [4.78, 5) is 13.9.